The van der Waals surface area contributed by atoms with Gasteiger partial charge >= 0.3 is 6.09 Å². The number of nitrogens with zero attached hydrogens (tertiary/aromatic N) is 2. The standard InChI is InChI=1S/C12H16ClN3O2/c1-4-18-12(17)15-14-8-9-5-6-10(16(2)3)7-11(9)13/h5-8H,4H2,1-3H3,(H,15,17)/b14-8-. The first-order valence-electron chi connectivity index (χ1n) is 5.47. The lowest BCUT2D eigenvalue weighted by molar-refractivity contribution is 0.152. The van der Waals surface area contributed by atoms with E-state index in [9.17, 15) is 4.79 Å². The molecule has 0 aromatic heterocycles. The molecule has 0 aliphatic heterocycles. The average Bonchev–Trinajstić information content (AvgIpc) is 2.31. The van der Waals surface area contributed by atoms with Crippen LogP contribution in [0, 0.1) is 0 Å². The van der Waals surface area contributed by atoms with Crippen LogP contribution in [0.2, 0.25) is 5.02 Å². The van der Waals surface area contributed by atoms with Gasteiger partial charge in [-0.05, 0) is 25.1 Å². The Morgan fingerprint density at radius 3 is 2.83 bits per heavy atom. The van der Waals surface area contributed by atoms with E-state index in [1.54, 1.807) is 6.92 Å². The molecule has 0 fully saturated rings. The van der Waals surface area contributed by atoms with Crippen LogP contribution in [0.4, 0.5) is 10.5 Å². The fourth-order valence-electron chi connectivity index (χ4n) is 1.22. The summed E-state index contributed by atoms with van der Waals surface area (Å²) in [6.45, 7) is 2.03. The minimum Gasteiger partial charge on any atom is -0.449 e. The quantitative estimate of drug-likeness (QED) is 0.675. The van der Waals surface area contributed by atoms with Crippen LogP contribution >= 0.6 is 11.6 Å². The van der Waals surface area contributed by atoms with Gasteiger partial charge in [0.05, 0.1) is 17.8 Å². The van der Waals surface area contributed by atoms with Gasteiger partial charge < -0.3 is 9.64 Å². The highest BCUT2D eigenvalue weighted by Gasteiger charge is 2.02. The van der Waals surface area contributed by atoms with Crippen LogP contribution < -0.4 is 10.3 Å². The summed E-state index contributed by atoms with van der Waals surface area (Å²) >= 11 is 6.09. The van der Waals surface area contributed by atoms with E-state index in [2.05, 4.69) is 15.3 Å². The summed E-state index contributed by atoms with van der Waals surface area (Å²) in [7, 11) is 3.86. The van der Waals surface area contributed by atoms with Gasteiger partial charge in [0, 0.05) is 25.3 Å². The molecule has 0 atom stereocenters. The zero-order valence-electron chi connectivity index (χ0n) is 10.6. The summed E-state index contributed by atoms with van der Waals surface area (Å²) in [5, 5.41) is 4.31. The SMILES string of the molecule is CCOC(=O)N/N=C\c1ccc(N(C)C)cc1Cl. The first-order chi connectivity index (χ1) is 8.54. The molecule has 1 amide bonds. The van der Waals surface area contributed by atoms with Crippen molar-refractivity contribution >= 4 is 29.6 Å². The number of benzene rings is 1. The Hall–Kier alpha value is -1.75. The number of hydrazone groups is 1. The van der Waals surface area contributed by atoms with E-state index >= 15 is 0 Å². The van der Waals surface area contributed by atoms with Gasteiger partial charge in [-0.25, -0.2) is 10.2 Å². The Labute approximate surface area is 111 Å². The maximum atomic E-state index is 11.0. The summed E-state index contributed by atoms with van der Waals surface area (Å²) in [6, 6.07) is 5.57. The van der Waals surface area contributed by atoms with Gasteiger partial charge in [-0.3, -0.25) is 0 Å². The molecular weight excluding hydrogens is 254 g/mol. The maximum absolute atomic E-state index is 11.0. The Kier molecular flexibility index (Phi) is 5.45. The molecule has 18 heavy (non-hydrogen) atoms. The van der Waals surface area contributed by atoms with Crippen molar-refractivity contribution in [3.8, 4) is 0 Å². The minimum atomic E-state index is -0.588. The zero-order chi connectivity index (χ0) is 13.5. The fraction of sp³-hybridized carbons (Fsp3) is 0.333. The fourth-order valence-corrected chi connectivity index (χ4v) is 1.44. The number of carbonyl (C=O) groups is 1. The number of rotatable bonds is 4. The molecule has 0 aliphatic rings. The topological polar surface area (TPSA) is 53.9 Å². The van der Waals surface area contributed by atoms with E-state index in [4.69, 9.17) is 11.6 Å². The lowest BCUT2D eigenvalue weighted by Crippen LogP contribution is -2.18. The van der Waals surface area contributed by atoms with E-state index in [-0.39, 0.29) is 0 Å². The Bertz CT molecular complexity index is 447. The molecule has 0 saturated heterocycles. The smallest absolute Gasteiger partial charge is 0.427 e. The van der Waals surface area contributed by atoms with Crippen molar-refractivity contribution in [1.82, 2.24) is 5.43 Å². The molecule has 1 N–H and O–H groups in total. The third kappa shape index (κ3) is 4.25. The van der Waals surface area contributed by atoms with Crippen molar-refractivity contribution in [2.45, 2.75) is 6.92 Å². The van der Waals surface area contributed by atoms with Gasteiger partial charge in [0.1, 0.15) is 0 Å². The zero-order valence-corrected chi connectivity index (χ0v) is 11.4. The van der Waals surface area contributed by atoms with Crippen molar-refractivity contribution in [1.29, 1.82) is 0 Å². The van der Waals surface area contributed by atoms with E-state index in [1.807, 2.05) is 37.2 Å². The third-order valence-electron chi connectivity index (χ3n) is 2.14. The number of hydrogen-bond acceptors (Lipinski definition) is 4. The summed E-state index contributed by atoms with van der Waals surface area (Å²) in [6.07, 6.45) is 0.883. The summed E-state index contributed by atoms with van der Waals surface area (Å²) in [4.78, 5) is 12.9. The van der Waals surface area contributed by atoms with Gasteiger partial charge in [0.2, 0.25) is 0 Å². The number of ether oxygens (including phenoxy) is 1. The lowest BCUT2D eigenvalue weighted by Gasteiger charge is -2.12. The van der Waals surface area contributed by atoms with Gasteiger partial charge in [-0.15, -0.1) is 0 Å². The predicted molar refractivity (Wildman–Crippen MR) is 73.5 cm³/mol. The monoisotopic (exact) mass is 269 g/mol. The lowest BCUT2D eigenvalue weighted by atomic mass is 10.2. The maximum Gasteiger partial charge on any atom is 0.427 e. The molecule has 0 saturated carbocycles. The second kappa shape index (κ2) is 6.86. The molecule has 1 aromatic carbocycles. The third-order valence-corrected chi connectivity index (χ3v) is 2.46. The Morgan fingerprint density at radius 2 is 2.28 bits per heavy atom. The van der Waals surface area contributed by atoms with Crippen LogP contribution in [-0.2, 0) is 4.74 Å². The number of nitrogens with one attached hydrogen (secondary N) is 1. The van der Waals surface area contributed by atoms with E-state index in [0.717, 1.165) is 11.3 Å². The van der Waals surface area contributed by atoms with Crippen LogP contribution in [0.3, 0.4) is 0 Å². The number of halogens is 1. The summed E-state index contributed by atoms with van der Waals surface area (Å²) < 4.78 is 4.66. The largest absolute Gasteiger partial charge is 0.449 e. The number of hydrogen-bond donors (Lipinski definition) is 1. The van der Waals surface area contributed by atoms with Crippen LogP contribution in [0.25, 0.3) is 0 Å². The van der Waals surface area contributed by atoms with E-state index in [0.29, 0.717) is 11.6 Å². The van der Waals surface area contributed by atoms with Gasteiger partial charge in [-0.2, -0.15) is 5.10 Å². The van der Waals surface area contributed by atoms with Gasteiger partial charge in [0.25, 0.3) is 0 Å². The predicted octanol–water partition coefficient (Wildman–Crippen LogP) is 2.49. The molecule has 0 unspecified atom stereocenters. The Balaban J connectivity index is 2.68. The highest BCUT2D eigenvalue weighted by atomic mass is 35.5. The van der Waals surface area contributed by atoms with E-state index < -0.39 is 6.09 Å². The highest BCUT2D eigenvalue weighted by molar-refractivity contribution is 6.33. The van der Waals surface area contributed by atoms with Crippen molar-refractivity contribution in [2.24, 2.45) is 5.10 Å². The van der Waals surface area contributed by atoms with Crippen molar-refractivity contribution in [2.75, 3.05) is 25.6 Å². The van der Waals surface area contributed by atoms with Crippen LogP contribution in [0.1, 0.15) is 12.5 Å². The highest BCUT2D eigenvalue weighted by Crippen LogP contribution is 2.21. The molecule has 0 bridgehead atoms. The average molecular weight is 270 g/mol. The molecule has 0 aliphatic carbocycles. The number of amides is 1. The first kappa shape index (κ1) is 14.3. The molecular formula is C12H16ClN3O2. The van der Waals surface area contributed by atoms with Crippen LogP contribution in [0.15, 0.2) is 23.3 Å². The molecule has 1 rings (SSSR count). The summed E-state index contributed by atoms with van der Waals surface area (Å²) in [5.41, 5.74) is 3.95. The number of anilines is 1. The van der Waals surface area contributed by atoms with Crippen molar-refractivity contribution in [3.05, 3.63) is 28.8 Å². The Morgan fingerprint density at radius 1 is 1.56 bits per heavy atom. The molecule has 0 spiro atoms. The summed E-state index contributed by atoms with van der Waals surface area (Å²) in [5.74, 6) is 0. The first-order valence-corrected chi connectivity index (χ1v) is 5.85. The second-order valence-electron chi connectivity index (χ2n) is 3.69. The van der Waals surface area contributed by atoms with Crippen LogP contribution in [0.5, 0.6) is 0 Å². The molecule has 1 aromatic rings. The molecule has 98 valence electrons. The van der Waals surface area contributed by atoms with E-state index in [1.165, 1.54) is 6.21 Å². The molecule has 0 radical (unpaired) electrons. The van der Waals surface area contributed by atoms with Crippen molar-refractivity contribution in [3.63, 3.8) is 0 Å². The molecule has 0 heterocycles. The van der Waals surface area contributed by atoms with Crippen LogP contribution in [-0.4, -0.2) is 33.0 Å². The normalized spacial score (nSPS) is 10.4. The van der Waals surface area contributed by atoms with Crippen molar-refractivity contribution < 1.29 is 9.53 Å². The minimum absolute atomic E-state index is 0.305. The van der Waals surface area contributed by atoms with Gasteiger partial charge in [0.15, 0.2) is 0 Å². The number of carbonyl (C=O) groups excluding carboxylic acids is 1. The second-order valence-corrected chi connectivity index (χ2v) is 4.10. The molecule has 5 nitrogen and oxygen atoms in total. The molecule has 6 heteroatoms. The van der Waals surface area contributed by atoms with Gasteiger partial charge in [-0.1, -0.05) is 11.6 Å².